The Morgan fingerprint density at radius 2 is 0.696 bits per heavy atom. The molecule has 0 aromatic carbocycles. The Balaban J connectivity index is 3.55. The average Bonchev–Trinajstić information content (AvgIpc) is 3.20. The number of aliphatic hydroxyl groups is 2. The fourth-order valence-electron chi connectivity index (χ4n) is 7.72. The fourth-order valence-corrected chi connectivity index (χ4v) is 7.72. The third kappa shape index (κ3) is 43.7. The molecule has 3 N–H and O–H groups in total. The van der Waals surface area contributed by atoms with Gasteiger partial charge in [0.2, 0.25) is 5.91 Å². The van der Waals surface area contributed by atoms with Crippen LogP contribution in [0.4, 0.5) is 0 Å². The number of amides is 1. The highest BCUT2D eigenvalue weighted by Crippen LogP contribution is 2.16. The minimum absolute atomic E-state index is 0.0720. The van der Waals surface area contributed by atoms with Gasteiger partial charge in [-0.15, -0.1) is 0 Å². The van der Waals surface area contributed by atoms with Crippen LogP contribution < -0.4 is 5.32 Å². The van der Waals surface area contributed by atoms with Gasteiger partial charge in [0.25, 0.3) is 0 Å². The van der Waals surface area contributed by atoms with Crippen LogP contribution in [0.1, 0.15) is 271 Å². The Morgan fingerprint density at radius 3 is 1.04 bits per heavy atom. The van der Waals surface area contributed by atoms with Gasteiger partial charge in [0.15, 0.2) is 0 Å². The zero-order chi connectivity index (χ0) is 40.7. The summed E-state index contributed by atoms with van der Waals surface area (Å²) in [4.78, 5) is 12.4. The van der Waals surface area contributed by atoms with E-state index < -0.39 is 12.1 Å². The quantitative estimate of drug-likeness (QED) is 0.0425. The Morgan fingerprint density at radius 1 is 0.411 bits per heavy atom. The molecule has 0 aliphatic heterocycles. The molecule has 4 heteroatoms. The molecule has 2 unspecified atom stereocenters. The summed E-state index contributed by atoms with van der Waals surface area (Å²) in [6.07, 6.45) is 64.2. The number of allylic oxidation sites excluding steroid dienone is 5. The van der Waals surface area contributed by atoms with Crippen molar-refractivity contribution >= 4 is 5.91 Å². The van der Waals surface area contributed by atoms with Crippen LogP contribution in [0, 0.1) is 0 Å². The molecule has 0 rings (SSSR count). The first-order valence-electron chi connectivity index (χ1n) is 25.2. The molecule has 0 aliphatic carbocycles. The monoisotopic (exact) mass is 786 g/mol. The second-order valence-corrected chi connectivity index (χ2v) is 17.2. The zero-order valence-electron chi connectivity index (χ0n) is 37.9. The average molecular weight is 786 g/mol. The summed E-state index contributed by atoms with van der Waals surface area (Å²) in [5.41, 5.74) is 0. The molecule has 4 nitrogen and oxygen atoms in total. The van der Waals surface area contributed by atoms with Gasteiger partial charge in [0.1, 0.15) is 0 Å². The Bertz CT molecular complexity index is 851. The molecule has 0 radical (unpaired) electrons. The molecule has 0 aliphatic rings. The maximum atomic E-state index is 12.4. The predicted molar refractivity (Wildman–Crippen MR) is 248 cm³/mol. The van der Waals surface area contributed by atoms with Crippen molar-refractivity contribution in [2.24, 2.45) is 0 Å². The first kappa shape index (κ1) is 54.6. The molecule has 0 spiro atoms. The van der Waals surface area contributed by atoms with Crippen molar-refractivity contribution in [3.05, 3.63) is 36.5 Å². The first-order valence-corrected chi connectivity index (χ1v) is 25.2. The lowest BCUT2D eigenvalue weighted by Crippen LogP contribution is -2.45. The molecular formula is C52H99NO3. The van der Waals surface area contributed by atoms with E-state index in [4.69, 9.17) is 0 Å². The van der Waals surface area contributed by atoms with Crippen LogP contribution in [0.5, 0.6) is 0 Å². The normalized spacial score (nSPS) is 13.1. The molecule has 56 heavy (non-hydrogen) atoms. The van der Waals surface area contributed by atoms with Gasteiger partial charge >= 0.3 is 0 Å². The Labute approximate surface area is 351 Å². The van der Waals surface area contributed by atoms with Gasteiger partial charge in [-0.1, -0.05) is 243 Å². The van der Waals surface area contributed by atoms with Crippen molar-refractivity contribution < 1.29 is 15.0 Å². The second-order valence-electron chi connectivity index (χ2n) is 17.2. The predicted octanol–water partition coefficient (Wildman–Crippen LogP) is 16.1. The number of rotatable bonds is 46. The summed E-state index contributed by atoms with van der Waals surface area (Å²) in [7, 11) is 0. The number of carbonyl (C=O) groups excluding carboxylic acids is 1. The third-order valence-corrected chi connectivity index (χ3v) is 11.6. The molecule has 330 valence electrons. The van der Waals surface area contributed by atoms with Crippen molar-refractivity contribution in [1.29, 1.82) is 0 Å². The number of hydrogen-bond donors (Lipinski definition) is 3. The summed E-state index contributed by atoms with van der Waals surface area (Å²) in [6, 6.07) is -0.639. The summed E-state index contributed by atoms with van der Waals surface area (Å²) < 4.78 is 0. The SMILES string of the molecule is CCCCCCCCCC/C=C\CCCCCCCCCCCCCC(=O)NC(CO)C(O)/C=C/CC/C=C/CCCCCCCCCCCCCCCCC. The summed E-state index contributed by atoms with van der Waals surface area (Å²) >= 11 is 0. The molecule has 0 fully saturated rings. The van der Waals surface area contributed by atoms with Crippen molar-refractivity contribution in [2.75, 3.05) is 6.61 Å². The summed E-state index contributed by atoms with van der Waals surface area (Å²) in [5, 5.41) is 23.1. The lowest BCUT2D eigenvalue weighted by Gasteiger charge is -2.19. The second kappa shape index (κ2) is 48.0. The van der Waals surface area contributed by atoms with E-state index in [1.54, 1.807) is 6.08 Å². The molecule has 2 atom stereocenters. The van der Waals surface area contributed by atoms with E-state index >= 15 is 0 Å². The van der Waals surface area contributed by atoms with E-state index in [-0.39, 0.29) is 12.5 Å². The van der Waals surface area contributed by atoms with Gasteiger partial charge in [0.05, 0.1) is 18.8 Å². The molecule has 0 saturated carbocycles. The maximum Gasteiger partial charge on any atom is 0.220 e. The third-order valence-electron chi connectivity index (χ3n) is 11.6. The topological polar surface area (TPSA) is 69.6 Å². The minimum atomic E-state index is -0.862. The first-order chi connectivity index (χ1) is 27.7. The lowest BCUT2D eigenvalue weighted by atomic mass is 10.0. The molecule has 0 bridgehead atoms. The zero-order valence-corrected chi connectivity index (χ0v) is 37.9. The lowest BCUT2D eigenvalue weighted by molar-refractivity contribution is -0.123. The van der Waals surface area contributed by atoms with Crippen LogP contribution in [-0.4, -0.2) is 34.9 Å². The van der Waals surface area contributed by atoms with Gasteiger partial charge in [-0.25, -0.2) is 0 Å². The highest BCUT2D eigenvalue weighted by molar-refractivity contribution is 5.76. The van der Waals surface area contributed by atoms with E-state index in [1.165, 1.54) is 218 Å². The van der Waals surface area contributed by atoms with Gasteiger partial charge in [0, 0.05) is 6.42 Å². The largest absolute Gasteiger partial charge is 0.394 e. The van der Waals surface area contributed by atoms with Crippen molar-refractivity contribution in [3.8, 4) is 0 Å². The van der Waals surface area contributed by atoms with Crippen molar-refractivity contribution in [2.45, 2.75) is 283 Å². The number of hydrogen-bond acceptors (Lipinski definition) is 3. The van der Waals surface area contributed by atoms with Crippen LogP contribution in [0.25, 0.3) is 0 Å². The smallest absolute Gasteiger partial charge is 0.220 e. The Hall–Kier alpha value is -1.39. The van der Waals surface area contributed by atoms with Crippen molar-refractivity contribution in [3.63, 3.8) is 0 Å². The maximum absolute atomic E-state index is 12.4. The molecule has 0 heterocycles. The molecule has 0 aromatic rings. The van der Waals surface area contributed by atoms with Gasteiger partial charge < -0.3 is 15.5 Å². The van der Waals surface area contributed by atoms with Crippen LogP contribution in [0.15, 0.2) is 36.5 Å². The van der Waals surface area contributed by atoms with E-state index in [2.05, 4.69) is 43.5 Å². The number of aliphatic hydroxyl groups excluding tert-OH is 2. The van der Waals surface area contributed by atoms with E-state index in [0.717, 1.165) is 32.1 Å². The highest BCUT2D eigenvalue weighted by Gasteiger charge is 2.17. The fraction of sp³-hybridized carbons (Fsp3) is 0.865. The van der Waals surface area contributed by atoms with E-state index in [9.17, 15) is 15.0 Å². The van der Waals surface area contributed by atoms with Crippen LogP contribution in [0.3, 0.4) is 0 Å². The molecule has 1 amide bonds. The van der Waals surface area contributed by atoms with E-state index in [1.807, 2.05) is 6.08 Å². The van der Waals surface area contributed by atoms with Gasteiger partial charge in [-0.05, 0) is 57.8 Å². The van der Waals surface area contributed by atoms with Gasteiger partial charge in [-0.3, -0.25) is 4.79 Å². The standard InChI is InChI=1S/C52H99NO3/c1-3-5-7-9-11-13-15-17-19-21-23-25-26-28-30-32-34-36-38-40-42-44-46-48-52(56)53-50(49-54)51(55)47-45-43-41-39-37-35-33-31-29-27-24-22-20-18-16-14-12-10-8-6-4-2/h21,23,37,39,45,47,50-51,54-55H,3-20,22,24-36,38,40-44,46,48-49H2,1-2H3,(H,53,56)/b23-21-,39-37+,47-45+. The van der Waals surface area contributed by atoms with Crippen LogP contribution >= 0.6 is 0 Å². The number of unbranched alkanes of at least 4 members (excludes halogenated alkanes) is 35. The Kier molecular flexibility index (Phi) is 46.8. The van der Waals surface area contributed by atoms with Crippen molar-refractivity contribution in [1.82, 2.24) is 5.32 Å². The highest BCUT2D eigenvalue weighted by atomic mass is 16.3. The number of carbonyl (C=O) groups is 1. The summed E-state index contributed by atoms with van der Waals surface area (Å²) in [5.74, 6) is -0.0720. The molecule has 0 aromatic heterocycles. The van der Waals surface area contributed by atoms with Crippen LogP contribution in [0.2, 0.25) is 0 Å². The minimum Gasteiger partial charge on any atom is -0.394 e. The molecule has 0 saturated heterocycles. The van der Waals surface area contributed by atoms with Crippen LogP contribution in [-0.2, 0) is 4.79 Å². The number of nitrogens with one attached hydrogen (secondary N) is 1. The van der Waals surface area contributed by atoms with Gasteiger partial charge in [-0.2, -0.15) is 0 Å². The summed E-state index contributed by atoms with van der Waals surface area (Å²) in [6.45, 7) is 4.32. The van der Waals surface area contributed by atoms with E-state index in [0.29, 0.717) is 6.42 Å². The molecular weight excluding hydrogens is 687 g/mol.